The fraction of sp³-hybridized carbons (Fsp3) is 0.0566. The van der Waals surface area contributed by atoms with Crippen molar-refractivity contribution >= 4 is 61.1 Å². The van der Waals surface area contributed by atoms with Crippen molar-refractivity contribution in [1.82, 2.24) is 0 Å². The van der Waals surface area contributed by atoms with Gasteiger partial charge in [0.05, 0.1) is 11.4 Å². The molecule has 0 saturated heterocycles. The van der Waals surface area contributed by atoms with E-state index in [1.54, 1.807) is 0 Å². The number of benzene rings is 8. The molecular weight excluding hydrogens is 681 g/mol. The molecular formula is C53H40N2O. The number of anilines is 5. The highest BCUT2D eigenvalue weighted by Gasteiger charge is 2.26. The third-order valence-corrected chi connectivity index (χ3v) is 10.9. The first-order valence-corrected chi connectivity index (χ1v) is 19.4. The molecule has 0 radical (unpaired) electrons. The molecule has 0 N–H and O–H groups in total. The molecule has 1 aliphatic rings. The minimum atomic E-state index is 0.480. The third kappa shape index (κ3) is 6.14. The number of hydrogen-bond acceptors (Lipinski definition) is 3. The number of para-hydroxylation sites is 2. The molecule has 0 bridgehead atoms. The molecule has 0 spiro atoms. The fourth-order valence-corrected chi connectivity index (χ4v) is 8.10. The van der Waals surface area contributed by atoms with Crippen molar-refractivity contribution in [2.24, 2.45) is 5.92 Å². The second-order valence-corrected chi connectivity index (χ2v) is 14.6. The second kappa shape index (κ2) is 14.3. The van der Waals surface area contributed by atoms with E-state index >= 15 is 0 Å². The number of allylic oxidation sites excluding steroid dienone is 3. The van der Waals surface area contributed by atoms with Gasteiger partial charge in [-0.05, 0) is 100 Å². The fourth-order valence-electron chi connectivity index (χ4n) is 8.10. The summed E-state index contributed by atoms with van der Waals surface area (Å²) in [6.07, 6.45) is 7.96. The number of rotatable bonds is 8. The Hall–Kier alpha value is -7.10. The van der Waals surface area contributed by atoms with Gasteiger partial charge in [0, 0.05) is 39.1 Å². The molecule has 1 aliphatic carbocycles. The van der Waals surface area contributed by atoms with Gasteiger partial charge in [0.25, 0.3) is 0 Å². The predicted molar refractivity (Wildman–Crippen MR) is 236 cm³/mol. The van der Waals surface area contributed by atoms with Crippen LogP contribution in [0.1, 0.15) is 13.3 Å². The number of furan rings is 1. The molecule has 3 nitrogen and oxygen atoms in total. The summed E-state index contributed by atoms with van der Waals surface area (Å²) in [5, 5.41) is 4.49. The highest BCUT2D eigenvalue weighted by molar-refractivity contribution is 6.15. The maximum absolute atomic E-state index is 7.04. The predicted octanol–water partition coefficient (Wildman–Crippen LogP) is 15.2. The lowest BCUT2D eigenvalue weighted by Gasteiger charge is -2.32. The SMILES string of the molecule is CC1C=CC(N(c2ccc(-c3ccccc3)cc2)c2cc(N(c3ccccc3)c3ccccc3-c3ccccc3)c3oc4cc5ccccc5cc4c3c2)=CC1. The van der Waals surface area contributed by atoms with Crippen LogP contribution < -0.4 is 9.80 Å². The van der Waals surface area contributed by atoms with Gasteiger partial charge in [-0.3, -0.25) is 0 Å². The summed E-state index contributed by atoms with van der Waals surface area (Å²) in [6.45, 7) is 2.27. The average molecular weight is 721 g/mol. The highest BCUT2D eigenvalue weighted by atomic mass is 16.3. The van der Waals surface area contributed by atoms with E-state index in [1.165, 1.54) is 16.5 Å². The zero-order valence-corrected chi connectivity index (χ0v) is 31.2. The van der Waals surface area contributed by atoms with Crippen LogP contribution in [0, 0.1) is 5.92 Å². The van der Waals surface area contributed by atoms with Crippen molar-refractivity contribution in [3.63, 3.8) is 0 Å². The van der Waals surface area contributed by atoms with Crippen molar-refractivity contribution in [2.45, 2.75) is 13.3 Å². The van der Waals surface area contributed by atoms with Crippen LogP contribution in [-0.4, -0.2) is 0 Å². The number of hydrogen-bond donors (Lipinski definition) is 0. The van der Waals surface area contributed by atoms with Gasteiger partial charge in [-0.15, -0.1) is 0 Å². The van der Waals surface area contributed by atoms with E-state index in [2.05, 4.69) is 223 Å². The van der Waals surface area contributed by atoms with Crippen molar-refractivity contribution in [2.75, 3.05) is 9.80 Å². The molecule has 0 amide bonds. The first kappa shape index (κ1) is 33.5. The molecule has 10 rings (SSSR count). The molecule has 1 heterocycles. The zero-order chi connectivity index (χ0) is 37.4. The summed E-state index contributed by atoms with van der Waals surface area (Å²) in [4.78, 5) is 4.78. The van der Waals surface area contributed by atoms with Gasteiger partial charge < -0.3 is 14.2 Å². The lowest BCUT2D eigenvalue weighted by Crippen LogP contribution is -2.18. The van der Waals surface area contributed by atoms with Crippen molar-refractivity contribution in [3.05, 3.63) is 212 Å². The van der Waals surface area contributed by atoms with Crippen LogP contribution in [0.3, 0.4) is 0 Å². The molecule has 268 valence electrons. The Morgan fingerprint density at radius 3 is 1.80 bits per heavy atom. The third-order valence-electron chi connectivity index (χ3n) is 10.9. The van der Waals surface area contributed by atoms with Gasteiger partial charge in [-0.1, -0.05) is 153 Å². The molecule has 0 fully saturated rings. The summed E-state index contributed by atoms with van der Waals surface area (Å²) >= 11 is 0. The van der Waals surface area contributed by atoms with Gasteiger partial charge in [0.2, 0.25) is 0 Å². The zero-order valence-electron chi connectivity index (χ0n) is 31.2. The maximum Gasteiger partial charge on any atom is 0.159 e. The first-order valence-electron chi connectivity index (χ1n) is 19.4. The van der Waals surface area contributed by atoms with E-state index in [4.69, 9.17) is 4.42 Å². The first-order chi connectivity index (χ1) is 27.7. The molecule has 0 aliphatic heterocycles. The van der Waals surface area contributed by atoms with Gasteiger partial charge >= 0.3 is 0 Å². The van der Waals surface area contributed by atoms with Crippen LogP contribution in [-0.2, 0) is 0 Å². The summed E-state index contributed by atoms with van der Waals surface area (Å²) in [5.41, 5.74) is 12.8. The van der Waals surface area contributed by atoms with Gasteiger partial charge in [0.1, 0.15) is 5.58 Å². The lowest BCUT2D eigenvalue weighted by atomic mass is 9.99. The Morgan fingerprint density at radius 1 is 0.482 bits per heavy atom. The second-order valence-electron chi connectivity index (χ2n) is 14.6. The summed E-state index contributed by atoms with van der Waals surface area (Å²) < 4.78 is 7.04. The summed E-state index contributed by atoms with van der Waals surface area (Å²) in [6, 6.07) is 67.2. The average Bonchev–Trinajstić information content (AvgIpc) is 3.62. The molecule has 56 heavy (non-hydrogen) atoms. The monoisotopic (exact) mass is 720 g/mol. The molecule has 1 unspecified atom stereocenters. The van der Waals surface area contributed by atoms with Crippen LogP contribution in [0.5, 0.6) is 0 Å². The van der Waals surface area contributed by atoms with Crippen LogP contribution in [0.25, 0.3) is 55.0 Å². The Bertz CT molecular complexity index is 2890. The topological polar surface area (TPSA) is 19.6 Å². The van der Waals surface area contributed by atoms with Crippen LogP contribution in [0.4, 0.5) is 28.4 Å². The maximum atomic E-state index is 7.04. The van der Waals surface area contributed by atoms with Gasteiger partial charge in [-0.2, -0.15) is 0 Å². The summed E-state index contributed by atoms with van der Waals surface area (Å²) in [7, 11) is 0. The largest absolute Gasteiger partial charge is 0.454 e. The molecule has 1 atom stereocenters. The normalized spacial score (nSPS) is 13.9. The standard InChI is InChI=1S/C53H40N2O/c1-37-25-29-44(30-26-37)54(45-31-27-39(28-32-45)38-15-5-2-6-16-38)46-35-49-48-33-41-19-11-12-20-42(41)34-52(48)56-53(49)51(36-46)55(43-21-9-4-10-22-43)50-24-14-13-23-47(50)40-17-7-3-8-18-40/h2-25,27-37H,26H2,1H3. The Balaban J connectivity index is 1.27. The van der Waals surface area contributed by atoms with E-state index < -0.39 is 0 Å². The Kier molecular flexibility index (Phi) is 8.53. The minimum absolute atomic E-state index is 0.480. The van der Waals surface area contributed by atoms with E-state index in [9.17, 15) is 0 Å². The molecule has 1 aromatic heterocycles. The van der Waals surface area contributed by atoms with E-state index in [0.29, 0.717) is 5.92 Å². The quantitative estimate of drug-likeness (QED) is 0.156. The number of nitrogens with zero attached hydrogens (tertiary/aromatic N) is 2. The van der Waals surface area contributed by atoms with Gasteiger partial charge in [-0.25, -0.2) is 0 Å². The van der Waals surface area contributed by atoms with E-state index in [1.807, 2.05) is 0 Å². The van der Waals surface area contributed by atoms with Crippen molar-refractivity contribution < 1.29 is 4.42 Å². The molecule has 9 aromatic rings. The smallest absolute Gasteiger partial charge is 0.159 e. The van der Waals surface area contributed by atoms with Gasteiger partial charge in [0.15, 0.2) is 5.58 Å². The number of fused-ring (bicyclic) bond motifs is 4. The minimum Gasteiger partial charge on any atom is -0.454 e. The molecule has 8 aromatic carbocycles. The van der Waals surface area contributed by atoms with Crippen LogP contribution in [0.15, 0.2) is 216 Å². The highest BCUT2D eigenvalue weighted by Crippen LogP contribution is 2.49. The van der Waals surface area contributed by atoms with E-state index in [0.717, 1.165) is 79.0 Å². The summed E-state index contributed by atoms with van der Waals surface area (Å²) in [5.74, 6) is 0.480. The van der Waals surface area contributed by atoms with E-state index in [-0.39, 0.29) is 0 Å². The van der Waals surface area contributed by atoms with Crippen molar-refractivity contribution in [3.8, 4) is 22.3 Å². The van der Waals surface area contributed by atoms with Crippen LogP contribution >= 0.6 is 0 Å². The Labute approximate surface area is 327 Å². The molecule has 3 heteroatoms. The molecule has 0 saturated carbocycles. The van der Waals surface area contributed by atoms with Crippen LogP contribution in [0.2, 0.25) is 0 Å². The van der Waals surface area contributed by atoms with Crippen molar-refractivity contribution in [1.29, 1.82) is 0 Å². The Morgan fingerprint density at radius 2 is 1.09 bits per heavy atom. The lowest BCUT2D eigenvalue weighted by molar-refractivity contribution is 0.669.